The van der Waals surface area contributed by atoms with Crippen molar-refractivity contribution in [2.24, 2.45) is 11.5 Å². The van der Waals surface area contributed by atoms with Gasteiger partial charge in [-0.3, -0.25) is 24.0 Å². The summed E-state index contributed by atoms with van der Waals surface area (Å²) >= 11 is 5.53. The van der Waals surface area contributed by atoms with Gasteiger partial charge in [-0.1, -0.05) is 30.3 Å². The minimum absolute atomic E-state index is 0.0817. The molecule has 14 nitrogen and oxygen atoms in total. The summed E-state index contributed by atoms with van der Waals surface area (Å²) in [5.41, 5.74) is 11.6. The smallest absolute Gasteiger partial charge is 0.326 e. The molecule has 0 aliphatic rings. The molecule has 15 heteroatoms. The van der Waals surface area contributed by atoms with Crippen molar-refractivity contribution in [3.63, 3.8) is 0 Å². The second-order valence-corrected chi connectivity index (χ2v) is 9.79. The largest absolute Gasteiger partial charge is 0.480 e. The van der Waals surface area contributed by atoms with Gasteiger partial charge in [0, 0.05) is 6.42 Å². The zero-order valence-corrected chi connectivity index (χ0v) is 24.3. The number of hydrogen-bond acceptors (Lipinski definition) is 8. The molecule has 0 fully saturated rings. The van der Waals surface area contributed by atoms with Crippen molar-refractivity contribution in [2.75, 3.05) is 32.1 Å². The van der Waals surface area contributed by atoms with Crippen molar-refractivity contribution in [3.8, 4) is 0 Å². The number of carboxylic acids is 1. The van der Waals surface area contributed by atoms with Crippen LogP contribution in [0.4, 0.5) is 0 Å². The predicted octanol–water partition coefficient (Wildman–Crippen LogP) is -1.50. The molecule has 0 bridgehead atoms. The van der Waals surface area contributed by atoms with Crippen molar-refractivity contribution >= 4 is 47.1 Å². The number of aliphatic carboxylic acids is 1. The Hall–Kier alpha value is -3.75. The lowest BCUT2D eigenvalue weighted by atomic mass is 10.1. The van der Waals surface area contributed by atoms with E-state index >= 15 is 0 Å². The van der Waals surface area contributed by atoms with Gasteiger partial charge in [-0.2, -0.15) is 0 Å². The van der Waals surface area contributed by atoms with Gasteiger partial charge in [-0.05, 0) is 57.2 Å². The van der Waals surface area contributed by atoms with Gasteiger partial charge in [0.25, 0.3) is 0 Å². The van der Waals surface area contributed by atoms with Gasteiger partial charge in [0.15, 0.2) is 0 Å². The van der Waals surface area contributed by atoms with Crippen molar-refractivity contribution < 1.29 is 33.9 Å². The van der Waals surface area contributed by atoms with Crippen LogP contribution in [0.2, 0.25) is 0 Å². The summed E-state index contributed by atoms with van der Waals surface area (Å²) in [6.45, 7) is -0.177. The molecule has 0 aromatic heterocycles. The number of rotatable bonds is 21. The molecule has 0 radical (unpaired) electrons. The van der Waals surface area contributed by atoms with E-state index in [1.54, 1.807) is 30.3 Å². The summed E-state index contributed by atoms with van der Waals surface area (Å²) in [6.07, 6.45) is 2.89. The van der Waals surface area contributed by atoms with E-state index in [4.69, 9.17) is 23.1 Å². The van der Waals surface area contributed by atoms with Crippen molar-refractivity contribution in [1.29, 1.82) is 0 Å². The second-order valence-electron chi connectivity index (χ2n) is 9.53. The monoisotopic (exact) mass is 611 g/mol. The van der Waals surface area contributed by atoms with E-state index in [-0.39, 0.29) is 18.7 Å². The van der Waals surface area contributed by atoms with Gasteiger partial charge in [0.1, 0.15) is 24.0 Å². The van der Waals surface area contributed by atoms with Crippen LogP contribution in [-0.2, 0) is 35.2 Å². The normalized spacial score (nSPS) is 12.7. The van der Waals surface area contributed by atoms with Crippen LogP contribution in [0.1, 0.15) is 44.1 Å². The molecular formula is C27H42ClN7O7. The molecule has 0 unspecified atom stereocenters. The first-order valence-corrected chi connectivity index (χ1v) is 14.3. The predicted molar refractivity (Wildman–Crippen MR) is 156 cm³/mol. The Bertz CT molecular complexity index is 1030. The molecule has 10 N–H and O–H groups in total. The van der Waals surface area contributed by atoms with Crippen LogP contribution >= 0.6 is 11.6 Å². The Labute approximate surface area is 250 Å². The Morgan fingerprint density at radius 1 is 0.690 bits per heavy atom. The Morgan fingerprint density at radius 3 is 1.67 bits per heavy atom. The number of hydrogen-bond donors (Lipinski definition) is 8. The number of nitrogens with one attached hydrogen (secondary N) is 5. The summed E-state index contributed by atoms with van der Waals surface area (Å²) < 4.78 is 0. The zero-order chi connectivity index (χ0) is 31.3. The molecular weight excluding hydrogens is 570 g/mol. The first-order chi connectivity index (χ1) is 20.1. The van der Waals surface area contributed by atoms with Crippen molar-refractivity contribution in [2.45, 2.75) is 63.1 Å². The minimum atomic E-state index is -1.20. The van der Waals surface area contributed by atoms with Gasteiger partial charge >= 0.3 is 5.97 Å². The Balaban J connectivity index is 2.79. The fourth-order valence-electron chi connectivity index (χ4n) is 3.88. The van der Waals surface area contributed by atoms with E-state index < -0.39 is 66.7 Å². The standard InChI is InChI=1S/C27H42ClN7O7/c28-15-22(36)33-19(10-4-6-12-29)25(39)31-17-24(38)35-21(14-18-8-2-1-3-9-18)26(40)32-16-23(37)34-20(27(41)42)11-5-7-13-30/h1-3,8-9,19-21H,4-7,10-17,29-30H2,(H,31,39)(H,32,40)(H,33,36)(H,34,37)(H,35,38)(H,41,42)/t19-,20-,21-/m0/s1. The molecule has 0 saturated heterocycles. The maximum atomic E-state index is 13.0. The van der Waals surface area contributed by atoms with Gasteiger partial charge in [0.2, 0.25) is 29.5 Å². The number of benzene rings is 1. The van der Waals surface area contributed by atoms with Crippen LogP contribution in [0.15, 0.2) is 30.3 Å². The van der Waals surface area contributed by atoms with Crippen LogP contribution < -0.4 is 38.1 Å². The topological polar surface area (TPSA) is 235 Å². The molecule has 0 spiro atoms. The highest BCUT2D eigenvalue weighted by Crippen LogP contribution is 2.05. The molecule has 3 atom stereocenters. The highest BCUT2D eigenvalue weighted by Gasteiger charge is 2.25. The van der Waals surface area contributed by atoms with Gasteiger partial charge < -0.3 is 43.2 Å². The minimum Gasteiger partial charge on any atom is -0.480 e. The Kier molecular flexibility index (Phi) is 18.2. The third-order valence-corrected chi connectivity index (χ3v) is 6.32. The van der Waals surface area contributed by atoms with Gasteiger partial charge in [-0.25, -0.2) is 4.79 Å². The van der Waals surface area contributed by atoms with E-state index in [0.29, 0.717) is 45.2 Å². The number of carbonyl (C=O) groups excluding carboxylic acids is 5. The van der Waals surface area contributed by atoms with Crippen molar-refractivity contribution in [1.82, 2.24) is 26.6 Å². The van der Waals surface area contributed by atoms with E-state index in [9.17, 15) is 33.9 Å². The van der Waals surface area contributed by atoms with Gasteiger partial charge in [-0.15, -0.1) is 11.6 Å². The fourth-order valence-corrected chi connectivity index (χ4v) is 3.95. The van der Waals surface area contributed by atoms with Crippen LogP contribution in [0.5, 0.6) is 0 Å². The number of carboxylic acid groups (broad SMARTS) is 1. The molecule has 0 aliphatic heterocycles. The van der Waals surface area contributed by atoms with E-state index in [0.717, 1.165) is 5.56 Å². The first-order valence-electron chi connectivity index (χ1n) is 13.8. The highest BCUT2D eigenvalue weighted by atomic mass is 35.5. The second kappa shape index (κ2) is 21.0. The SMILES string of the molecule is NCCCC[C@H](NC(=O)CNC(=O)[C@H](Cc1ccccc1)NC(=O)CNC(=O)[C@H](CCCCN)NC(=O)CCl)C(=O)O. The van der Waals surface area contributed by atoms with Crippen LogP contribution in [-0.4, -0.2) is 90.8 Å². The highest BCUT2D eigenvalue weighted by molar-refractivity contribution is 6.27. The van der Waals surface area contributed by atoms with Crippen molar-refractivity contribution in [3.05, 3.63) is 35.9 Å². The molecule has 1 rings (SSSR count). The summed E-state index contributed by atoms with van der Waals surface area (Å²) in [5.74, 6) is -4.74. The van der Waals surface area contributed by atoms with Crippen LogP contribution in [0, 0.1) is 0 Å². The van der Waals surface area contributed by atoms with Crippen LogP contribution in [0.3, 0.4) is 0 Å². The maximum Gasteiger partial charge on any atom is 0.326 e. The van der Waals surface area contributed by atoms with E-state index in [2.05, 4.69) is 26.6 Å². The number of carbonyl (C=O) groups is 6. The van der Waals surface area contributed by atoms with Crippen LogP contribution in [0.25, 0.3) is 0 Å². The quantitative estimate of drug-likeness (QED) is 0.0595. The molecule has 1 aromatic carbocycles. The Morgan fingerprint density at radius 2 is 1.17 bits per heavy atom. The number of unbranched alkanes of at least 4 members (excludes halogenated alkanes) is 2. The molecule has 234 valence electrons. The summed E-state index contributed by atoms with van der Waals surface area (Å²) in [6, 6.07) is 5.67. The lowest BCUT2D eigenvalue weighted by Gasteiger charge is -2.21. The van der Waals surface area contributed by atoms with E-state index in [1.807, 2.05) is 0 Å². The van der Waals surface area contributed by atoms with E-state index in [1.165, 1.54) is 0 Å². The number of nitrogens with two attached hydrogens (primary N) is 2. The average Bonchev–Trinajstić information content (AvgIpc) is 2.97. The number of halogens is 1. The fraction of sp³-hybridized carbons (Fsp3) is 0.556. The summed E-state index contributed by atoms with van der Waals surface area (Å²) in [4.78, 5) is 73.8. The average molecular weight is 612 g/mol. The number of amides is 5. The summed E-state index contributed by atoms with van der Waals surface area (Å²) in [5, 5.41) is 21.6. The summed E-state index contributed by atoms with van der Waals surface area (Å²) in [7, 11) is 0. The molecule has 0 saturated carbocycles. The molecule has 5 amide bonds. The first kappa shape index (κ1) is 36.3. The lowest BCUT2D eigenvalue weighted by molar-refractivity contribution is -0.142. The third kappa shape index (κ3) is 15.3. The molecule has 42 heavy (non-hydrogen) atoms. The molecule has 0 heterocycles. The zero-order valence-electron chi connectivity index (χ0n) is 23.5. The van der Waals surface area contributed by atoms with Gasteiger partial charge in [0.05, 0.1) is 13.1 Å². The number of alkyl halides is 1. The molecule has 1 aromatic rings. The maximum absolute atomic E-state index is 13.0. The lowest BCUT2D eigenvalue weighted by Crippen LogP contribution is -2.54. The third-order valence-electron chi connectivity index (χ3n) is 6.08. The molecule has 0 aliphatic carbocycles.